The third-order valence-electron chi connectivity index (χ3n) is 4.38. The van der Waals surface area contributed by atoms with Crippen LogP contribution in [0.3, 0.4) is 0 Å². The Kier molecular flexibility index (Phi) is 9.24. The Morgan fingerprint density at radius 3 is 1.95 bits per heavy atom. The zero-order valence-electron chi connectivity index (χ0n) is 14.8. The van der Waals surface area contributed by atoms with E-state index in [4.69, 9.17) is 4.42 Å². The fourth-order valence-electron chi connectivity index (χ4n) is 3.04. The SMILES string of the molecule is CCCC[C](CCCC)(CCCC)[Sn][c]1oc(C)cc1C#N. The summed E-state index contributed by atoms with van der Waals surface area (Å²) in [5.41, 5.74) is 0.818. The van der Waals surface area contributed by atoms with Crippen molar-refractivity contribution in [2.75, 3.05) is 0 Å². The van der Waals surface area contributed by atoms with Gasteiger partial charge in [0.15, 0.2) is 0 Å². The first-order valence-corrected chi connectivity index (χ1v) is 11.7. The maximum absolute atomic E-state index is 9.37. The van der Waals surface area contributed by atoms with E-state index in [-0.39, 0.29) is 0 Å². The summed E-state index contributed by atoms with van der Waals surface area (Å²) in [6.07, 6.45) is 11.7. The number of unbranched alkanes of at least 4 members (excludes halogenated alkanes) is 3. The van der Waals surface area contributed by atoms with Gasteiger partial charge in [0.05, 0.1) is 0 Å². The van der Waals surface area contributed by atoms with Gasteiger partial charge in [-0.05, 0) is 0 Å². The molecular formula is C19H31NOSn. The molecule has 3 heteroatoms. The van der Waals surface area contributed by atoms with Crippen LogP contribution in [0.25, 0.3) is 0 Å². The molecule has 0 bridgehead atoms. The molecule has 0 unspecified atom stereocenters. The van der Waals surface area contributed by atoms with Crippen molar-refractivity contribution < 1.29 is 4.42 Å². The molecule has 0 aliphatic carbocycles. The fraction of sp³-hybridized carbons (Fsp3) is 0.737. The fourth-order valence-corrected chi connectivity index (χ4v) is 8.35. The van der Waals surface area contributed by atoms with E-state index in [1.165, 1.54) is 57.8 Å². The third kappa shape index (κ3) is 5.99. The molecule has 1 rings (SSSR count). The quantitative estimate of drug-likeness (QED) is 0.453. The van der Waals surface area contributed by atoms with Crippen LogP contribution in [-0.4, -0.2) is 21.1 Å². The summed E-state index contributed by atoms with van der Waals surface area (Å²) >= 11 is -0.911. The average molecular weight is 408 g/mol. The van der Waals surface area contributed by atoms with Crippen molar-refractivity contribution in [2.24, 2.45) is 0 Å². The van der Waals surface area contributed by atoms with E-state index in [2.05, 4.69) is 26.8 Å². The van der Waals surface area contributed by atoms with Crippen molar-refractivity contribution in [2.45, 2.75) is 88.9 Å². The summed E-state index contributed by atoms with van der Waals surface area (Å²) in [6, 6.07) is 4.29. The molecule has 0 spiro atoms. The van der Waals surface area contributed by atoms with Crippen molar-refractivity contribution >= 4 is 24.9 Å². The van der Waals surface area contributed by atoms with E-state index >= 15 is 0 Å². The van der Waals surface area contributed by atoms with Gasteiger partial charge in [0.25, 0.3) is 0 Å². The van der Waals surface area contributed by atoms with Crippen molar-refractivity contribution in [1.29, 1.82) is 5.26 Å². The van der Waals surface area contributed by atoms with E-state index in [9.17, 15) is 5.26 Å². The number of hydrogen-bond donors (Lipinski definition) is 0. The van der Waals surface area contributed by atoms with Crippen LogP contribution in [0.5, 0.6) is 0 Å². The predicted octanol–water partition coefficient (Wildman–Crippen LogP) is 5.52. The van der Waals surface area contributed by atoms with Gasteiger partial charge < -0.3 is 0 Å². The van der Waals surface area contributed by atoms with Crippen molar-refractivity contribution in [3.8, 4) is 6.07 Å². The molecule has 0 N–H and O–H groups in total. The van der Waals surface area contributed by atoms with Crippen molar-refractivity contribution in [3.63, 3.8) is 0 Å². The Morgan fingerprint density at radius 1 is 1.05 bits per heavy atom. The van der Waals surface area contributed by atoms with Gasteiger partial charge in [0.2, 0.25) is 0 Å². The van der Waals surface area contributed by atoms with Gasteiger partial charge in [-0.2, -0.15) is 0 Å². The molecule has 1 heterocycles. The van der Waals surface area contributed by atoms with Crippen LogP contribution in [0.2, 0.25) is 3.43 Å². The Bertz CT molecular complexity index is 450. The van der Waals surface area contributed by atoms with Crippen molar-refractivity contribution in [3.05, 3.63) is 17.4 Å². The number of aryl methyl sites for hydroxylation is 1. The Labute approximate surface area is 146 Å². The summed E-state index contributed by atoms with van der Waals surface area (Å²) < 4.78 is 7.53. The number of nitriles is 1. The van der Waals surface area contributed by atoms with Gasteiger partial charge in [-0.1, -0.05) is 0 Å². The summed E-state index contributed by atoms with van der Waals surface area (Å²) in [4.78, 5) is 0. The molecule has 0 fully saturated rings. The van der Waals surface area contributed by atoms with E-state index in [0.717, 1.165) is 15.1 Å². The normalized spacial score (nSPS) is 11.6. The molecule has 2 radical (unpaired) electrons. The topological polar surface area (TPSA) is 36.9 Å². The minimum absolute atomic E-state index is 0.487. The first-order chi connectivity index (χ1) is 10.6. The third-order valence-corrected chi connectivity index (χ3v) is 9.74. The molecular weight excluding hydrogens is 377 g/mol. The van der Waals surface area contributed by atoms with Crippen LogP contribution in [0.15, 0.2) is 10.5 Å². The Morgan fingerprint density at radius 2 is 1.55 bits per heavy atom. The Balaban J connectivity index is 3.00. The average Bonchev–Trinajstić information content (AvgIpc) is 2.88. The number of nitrogens with zero attached hydrogens (tertiary/aromatic N) is 1. The van der Waals surface area contributed by atoms with Crippen LogP contribution in [0.4, 0.5) is 0 Å². The molecule has 0 aliphatic rings. The van der Waals surface area contributed by atoms with E-state index in [0.29, 0.717) is 3.43 Å². The standard InChI is InChI=1S/C13H27.C6H4NO.Sn/c1-4-7-10-13(11-8-5-2)12-9-6-3;1-5-2-6(3-7)4-8-5;/h4-12H2,1-3H3;2H,1H3;. The predicted molar refractivity (Wildman–Crippen MR) is 94.8 cm³/mol. The Hall–Kier alpha value is -0.431. The summed E-state index contributed by atoms with van der Waals surface area (Å²) in [6.45, 7) is 8.82. The molecule has 0 saturated carbocycles. The molecule has 0 saturated heterocycles. The van der Waals surface area contributed by atoms with E-state index < -0.39 is 21.1 Å². The second-order valence-corrected chi connectivity index (χ2v) is 11.5. The first kappa shape index (κ1) is 19.6. The zero-order valence-corrected chi connectivity index (χ0v) is 17.7. The van der Waals surface area contributed by atoms with E-state index in [1.54, 1.807) is 0 Å². The van der Waals surface area contributed by atoms with Gasteiger partial charge in [-0.15, -0.1) is 0 Å². The van der Waals surface area contributed by atoms with Gasteiger partial charge in [0, 0.05) is 0 Å². The monoisotopic (exact) mass is 409 g/mol. The van der Waals surface area contributed by atoms with Crippen LogP contribution in [0, 0.1) is 18.3 Å². The van der Waals surface area contributed by atoms with Crippen LogP contribution in [-0.2, 0) is 0 Å². The van der Waals surface area contributed by atoms with Crippen LogP contribution >= 0.6 is 0 Å². The molecule has 1 aromatic rings. The van der Waals surface area contributed by atoms with Gasteiger partial charge in [0.1, 0.15) is 0 Å². The molecule has 0 atom stereocenters. The number of rotatable bonds is 11. The van der Waals surface area contributed by atoms with E-state index in [1.807, 2.05) is 13.0 Å². The van der Waals surface area contributed by atoms with Crippen LogP contribution < -0.4 is 3.78 Å². The van der Waals surface area contributed by atoms with Gasteiger partial charge in [-0.3, -0.25) is 0 Å². The molecule has 2 nitrogen and oxygen atoms in total. The number of hydrogen-bond acceptors (Lipinski definition) is 2. The van der Waals surface area contributed by atoms with Gasteiger partial charge in [-0.25, -0.2) is 0 Å². The maximum atomic E-state index is 9.37. The molecule has 0 amide bonds. The number of furan rings is 1. The van der Waals surface area contributed by atoms with Crippen molar-refractivity contribution in [1.82, 2.24) is 0 Å². The minimum atomic E-state index is -0.911. The zero-order chi connectivity index (χ0) is 16.4. The molecule has 122 valence electrons. The van der Waals surface area contributed by atoms with Gasteiger partial charge >= 0.3 is 147 Å². The molecule has 1 aromatic heterocycles. The van der Waals surface area contributed by atoms with Crippen LogP contribution in [0.1, 0.15) is 89.9 Å². The summed E-state index contributed by atoms with van der Waals surface area (Å²) in [5.74, 6) is 0.905. The molecule has 0 aliphatic heterocycles. The second-order valence-electron chi connectivity index (χ2n) is 6.43. The molecule has 0 aromatic carbocycles. The molecule has 22 heavy (non-hydrogen) atoms. The second kappa shape index (κ2) is 10.4. The first-order valence-electron chi connectivity index (χ1n) is 8.89. The summed E-state index contributed by atoms with van der Waals surface area (Å²) in [5, 5.41) is 9.37. The summed E-state index contributed by atoms with van der Waals surface area (Å²) in [7, 11) is 0.